The Kier molecular flexibility index (Phi) is 6.63. The largest absolute Gasteiger partial charge is 0.331 e. The molecule has 4 nitrogen and oxygen atoms in total. The molecule has 0 unspecified atom stereocenters. The van der Waals surface area contributed by atoms with Crippen molar-refractivity contribution >= 4 is 38.9 Å². The van der Waals surface area contributed by atoms with Gasteiger partial charge in [0.05, 0.1) is 5.02 Å². The molecule has 2 aromatic carbocycles. The molecule has 34 heavy (non-hydrogen) atoms. The Morgan fingerprint density at radius 1 is 1.09 bits per heavy atom. The number of halogens is 2. The van der Waals surface area contributed by atoms with Gasteiger partial charge in [0.25, 0.3) is 5.91 Å². The molecule has 174 valence electrons. The Hall–Kier alpha value is -2.80. The van der Waals surface area contributed by atoms with E-state index in [0.717, 1.165) is 42.4 Å². The van der Waals surface area contributed by atoms with Crippen LogP contribution in [0.2, 0.25) is 5.02 Å². The third kappa shape index (κ3) is 4.58. The fourth-order valence-corrected chi connectivity index (χ4v) is 6.21. The van der Waals surface area contributed by atoms with Crippen LogP contribution in [-0.2, 0) is 6.54 Å². The minimum Gasteiger partial charge on any atom is -0.331 e. The zero-order valence-electron chi connectivity index (χ0n) is 18.6. The molecule has 0 spiro atoms. The molecule has 2 N–H and O–H groups in total. The first-order chi connectivity index (χ1) is 16.5. The van der Waals surface area contributed by atoms with Crippen molar-refractivity contribution in [2.75, 3.05) is 0 Å². The highest BCUT2D eigenvalue weighted by Crippen LogP contribution is 2.39. The normalized spacial score (nSPS) is 18.2. The van der Waals surface area contributed by atoms with E-state index in [4.69, 9.17) is 17.3 Å². The van der Waals surface area contributed by atoms with Gasteiger partial charge < -0.3 is 10.6 Å². The van der Waals surface area contributed by atoms with Gasteiger partial charge in [-0.15, -0.1) is 11.3 Å². The number of hydrogen-bond donors (Lipinski definition) is 1. The van der Waals surface area contributed by atoms with E-state index >= 15 is 0 Å². The predicted octanol–water partition coefficient (Wildman–Crippen LogP) is 6.67. The van der Waals surface area contributed by atoms with Crippen LogP contribution in [0.5, 0.6) is 0 Å². The summed E-state index contributed by atoms with van der Waals surface area (Å²) >= 11 is 7.82. The second kappa shape index (κ2) is 9.82. The van der Waals surface area contributed by atoms with Crippen molar-refractivity contribution in [3.63, 3.8) is 0 Å². The molecular formula is C27H25ClFN3OS. The van der Waals surface area contributed by atoms with Crippen molar-refractivity contribution in [1.29, 1.82) is 0 Å². The Morgan fingerprint density at radius 2 is 1.85 bits per heavy atom. The topological polar surface area (TPSA) is 59.2 Å². The Bertz CT molecular complexity index is 1320. The van der Waals surface area contributed by atoms with Gasteiger partial charge >= 0.3 is 0 Å². The molecule has 1 fully saturated rings. The van der Waals surface area contributed by atoms with Gasteiger partial charge in [0.2, 0.25) is 0 Å². The molecule has 1 amide bonds. The van der Waals surface area contributed by atoms with Crippen LogP contribution in [-0.4, -0.2) is 27.9 Å². The molecule has 0 atom stereocenters. The fourth-order valence-electron chi connectivity index (χ4n) is 4.70. The second-order valence-electron chi connectivity index (χ2n) is 8.80. The van der Waals surface area contributed by atoms with E-state index in [1.807, 2.05) is 41.4 Å². The lowest BCUT2D eigenvalue weighted by molar-refractivity contribution is 0.0611. The van der Waals surface area contributed by atoms with E-state index in [-0.39, 0.29) is 23.0 Å². The maximum Gasteiger partial charge on any atom is 0.266 e. The minimum atomic E-state index is -0.405. The first-order valence-corrected chi connectivity index (χ1v) is 12.6. The van der Waals surface area contributed by atoms with Gasteiger partial charge in [-0.25, -0.2) is 4.39 Å². The summed E-state index contributed by atoms with van der Waals surface area (Å²) in [6.45, 7) is 0.444. The van der Waals surface area contributed by atoms with Gasteiger partial charge in [0.1, 0.15) is 10.7 Å². The second-order valence-corrected chi connectivity index (χ2v) is 10.2. The van der Waals surface area contributed by atoms with E-state index in [9.17, 15) is 9.18 Å². The quantitative estimate of drug-likeness (QED) is 0.338. The molecule has 4 aromatic rings. The molecule has 1 saturated carbocycles. The number of thiophene rings is 1. The van der Waals surface area contributed by atoms with E-state index in [2.05, 4.69) is 11.1 Å². The van der Waals surface area contributed by atoms with Gasteiger partial charge in [-0.05, 0) is 66.6 Å². The Balaban J connectivity index is 1.50. The number of amides is 1. The van der Waals surface area contributed by atoms with Crippen LogP contribution in [0, 0.1) is 5.82 Å². The number of aromatic nitrogens is 1. The Labute approximate surface area is 207 Å². The molecule has 2 aromatic heterocycles. The number of benzene rings is 2. The molecule has 0 saturated heterocycles. The lowest BCUT2D eigenvalue weighted by Gasteiger charge is -2.36. The average molecular weight is 494 g/mol. The smallest absolute Gasteiger partial charge is 0.266 e. The molecule has 0 bridgehead atoms. The van der Waals surface area contributed by atoms with Gasteiger partial charge in [0, 0.05) is 41.1 Å². The van der Waals surface area contributed by atoms with E-state index in [0.29, 0.717) is 21.5 Å². The first kappa shape index (κ1) is 23.0. The SMILES string of the molecule is NC1CCC(N(Cc2cccc(-c3cccnc3)c2)C(=O)c2sc3cccc(F)c3c2Cl)CC1. The summed E-state index contributed by atoms with van der Waals surface area (Å²) in [5.74, 6) is -0.560. The molecule has 0 aliphatic heterocycles. The lowest BCUT2D eigenvalue weighted by Crippen LogP contribution is -2.43. The molecule has 7 heteroatoms. The standard InChI is InChI=1S/C27H25ClFN3OS/c28-25-24-22(29)7-2-8-23(24)34-26(25)27(33)32(21-11-9-20(30)10-12-21)16-17-4-1-5-18(14-17)19-6-3-13-31-15-19/h1-8,13-15,20-21H,9-12,16,30H2. The van der Waals surface area contributed by atoms with Crippen molar-refractivity contribution in [3.8, 4) is 11.1 Å². The van der Waals surface area contributed by atoms with Crippen LogP contribution in [0.3, 0.4) is 0 Å². The maximum atomic E-state index is 14.5. The average Bonchev–Trinajstić information content (AvgIpc) is 3.21. The van der Waals surface area contributed by atoms with Crippen LogP contribution >= 0.6 is 22.9 Å². The Morgan fingerprint density at radius 3 is 2.59 bits per heavy atom. The van der Waals surface area contributed by atoms with Crippen LogP contribution in [0.15, 0.2) is 67.0 Å². The first-order valence-electron chi connectivity index (χ1n) is 11.4. The van der Waals surface area contributed by atoms with Crippen molar-refractivity contribution < 1.29 is 9.18 Å². The number of hydrogen-bond acceptors (Lipinski definition) is 4. The van der Waals surface area contributed by atoms with E-state index in [1.54, 1.807) is 18.3 Å². The van der Waals surface area contributed by atoms with Crippen molar-refractivity contribution in [1.82, 2.24) is 9.88 Å². The predicted molar refractivity (Wildman–Crippen MR) is 137 cm³/mol. The molecule has 0 radical (unpaired) electrons. The third-order valence-electron chi connectivity index (χ3n) is 6.52. The molecule has 1 aliphatic rings. The third-order valence-corrected chi connectivity index (χ3v) is 8.15. The maximum absolute atomic E-state index is 14.5. The number of nitrogens with zero attached hydrogens (tertiary/aromatic N) is 2. The van der Waals surface area contributed by atoms with Crippen molar-refractivity contribution in [3.05, 3.63) is 88.3 Å². The van der Waals surface area contributed by atoms with Crippen molar-refractivity contribution in [2.24, 2.45) is 5.73 Å². The zero-order valence-corrected chi connectivity index (χ0v) is 20.2. The summed E-state index contributed by atoms with van der Waals surface area (Å²) in [4.78, 5) is 20.4. The fraction of sp³-hybridized carbons (Fsp3) is 0.259. The zero-order chi connectivity index (χ0) is 23.7. The minimum absolute atomic E-state index is 0.0560. The highest BCUT2D eigenvalue weighted by atomic mass is 35.5. The van der Waals surface area contributed by atoms with Crippen LogP contribution in [0.4, 0.5) is 4.39 Å². The summed E-state index contributed by atoms with van der Waals surface area (Å²) in [5, 5.41) is 0.520. The number of carbonyl (C=O) groups excluding carboxylic acids is 1. The highest BCUT2D eigenvalue weighted by Gasteiger charge is 2.31. The number of nitrogens with two attached hydrogens (primary N) is 1. The van der Waals surface area contributed by atoms with Gasteiger partial charge in [0.15, 0.2) is 0 Å². The van der Waals surface area contributed by atoms with Gasteiger partial charge in [-0.3, -0.25) is 9.78 Å². The molecule has 5 rings (SSSR count). The molecule has 2 heterocycles. The monoisotopic (exact) mass is 493 g/mol. The van der Waals surface area contributed by atoms with Gasteiger partial charge in [-0.1, -0.05) is 41.9 Å². The summed E-state index contributed by atoms with van der Waals surface area (Å²) in [6.07, 6.45) is 7.01. The molecular weight excluding hydrogens is 469 g/mol. The van der Waals surface area contributed by atoms with Crippen LogP contribution in [0.25, 0.3) is 21.2 Å². The molecule has 1 aliphatic carbocycles. The summed E-state index contributed by atoms with van der Waals surface area (Å²) in [5.41, 5.74) is 9.23. The summed E-state index contributed by atoms with van der Waals surface area (Å²) in [7, 11) is 0. The summed E-state index contributed by atoms with van der Waals surface area (Å²) in [6, 6.07) is 17.1. The van der Waals surface area contributed by atoms with Gasteiger partial charge in [-0.2, -0.15) is 0 Å². The number of carbonyl (C=O) groups is 1. The van der Waals surface area contributed by atoms with Crippen LogP contribution < -0.4 is 5.73 Å². The number of pyridine rings is 1. The van der Waals surface area contributed by atoms with Crippen molar-refractivity contribution in [2.45, 2.75) is 44.3 Å². The van der Waals surface area contributed by atoms with Crippen LogP contribution in [0.1, 0.15) is 40.9 Å². The summed E-state index contributed by atoms with van der Waals surface area (Å²) < 4.78 is 15.1. The lowest BCUT2D eigenvalue weighted by atomic mass is 9.90. The highest BCUT2D eigenvalue weighted by molar-refractivity contribution is 7.21. The van der Waals surface area contributed by atoms with E-state index in [1.165, 1.54) is 17.4 Å². The van der Waals surface area contributed by atoms with E-state index < -0.39 is 5.82 Å². The number of rotatable bonds is 5. The number of fused-ring (bicyclic) bond motifs is 1.